The van der Waals surface area contributed by atoms with Crippen molar-refractivity contribution in [3.8, 4) is 0 Å². The van der Waals surface area contributed by atoms with Gasteiger partial charge in [-0.25, -0.2) is 8.42 Å². The lowest BCUT2D eigenvalue weighted by Gasteiger charge is -2.23. The number of nitrogens with zero attached hydrogens (tertiary/aromatic N) is 3. The fourth-order valence-electron chi connectivity index (χ4n) is 3.12. The highest BCUT2D eigenvalue weighted by molar-refractivity contribution is 7.89. The molecule has 0 aliphatic heterocycles. The Morgan fingerprint density at radius 3 is 2.27 bits per heavy atom. The van der Waals surface area contributed by atoms with Crippen LogP contribution < -0.4 is 0 Å². The molecule has 7 nitrogen and oxygen atoms in total. The van der Waals surface area contributed by atoms with Crippen molar-refractivity contribution in [3.63, 3.8) is 0 Å². The van der Waals surface area contributed by atoms with Crippen molar-refractivity contribution in [1.29, 1.82) is 0 Å². The Bertz CT molecular complexity index is 1130. The molecule has 0 bridgehead atoms. The van der Waals surface area contributed by atoms with Crippen LogP contribution in [0.2, 0.25) is 0 Å². The third kappa shape index (κ3) is 4.90. The van der Waals surface area contributed by atoms with Crippen LogP contribution in [0.1, 0.15) is 29.2 Å². The van der Waals surface area contributed by atoms with Gasteiger partial charge in [-0.05, 0) is 41.7 Å². The van der Waals surface area contributed by atoms with Crippen LogP contribution in [-0.4, -0.2) is 22.6 Å². The average Bonchev–Trinajstić information content (AvgIpc) is 2.74. The summed E-state index contributed by atoms with van der Waals surface area (Å²) < 4.78 is 28.4. The zero-order chi connectivity index (χ0) is 21.7. The van der Waals surface area contributed by atoms with Gasteiger partial charge in [0.05, 0.1) is 9.82 Å². The molecule has 0 spiro atoms. The summed E-state index contributed by atoms with van der Waals surface area (Å²) in [5, 5.41) is 11.2. The van der Waals surface area contributed by atoms with E-state index in [4.69, 9.17) is 0 Å². The molecule has 0 saturated carbocycles. The van der Waals surface area contributed by atoms with Gasteiger partial charge in [-0.15, -0.1) is 0 Å². The van der Waals surface area contributed by atoms with Crippen LogP contribution in [0.15, 0.2) is 71.9 Å². The standard InChI is InChI=1S/C22H23N3O4S/c1-3-18-7-9-19(10-8-18)15-24(16-20-5-4-12-23-14-20)30(28,29)22-13-21(25(26)27)11-6-17(22)2/h4-14H,3,15-16H2,1-2H3. The van der Waals surface area contributed by atoms with Gasteiger partial charge in [-0.3, -0.25) is 15.1 Å². The number of non-ortho nitro benzene ring substituents is 1. The summed E-state index contributed by atoms with van der Waals surface area (Å²) >= 11 is 0. The third-order valence-electron chi connectivity index (χ3n) is 4.87. The van der Waals surface area contributed by atoms with Crippen LogP contribution in [0.5, 0.6) is 0 Å². The van der Waals surface area contributed by atoms with Gasteiger partial charge in [0.1, 0.15) is 0 Å². The second-order valence-corrected chi connectivity index (χ2v) is 8.92. The van der Waals surface area contributed by atoms with Crippen LogP contribution in [0, 0.1) is 17.0 Å². The van der Waals surface area contributed by atoms with Crippen molar-refractivity contribution in [2.24, 2.45) is 0 Å². The molecule has 0 amide bonds. The predicted molar refractivity (Wildman–Crippen MR) is 114 cm³/mol. The molecular weight excluding hydrogens is 402 g/mol. The number of pyridine rings is 1. The van der Waals surface area contributed by atoms with Crippen LogP contribution in [0.3, 0.4) is 0 Å². The van der Waals surface area contributed by atoms with Gasteiger partial charge in [0.2, 0.25) is 10.0 Å². The van der Waals surface area contributed by atoms with Gasteiger partial charge in [-0.1, -0.05) is 43.3 Å². The van der Waals surface area contributed by atoms with Gasteiger partial charge in [0, 0.05) is 37.6 Å². The third-order valence-corrected chi connectivity index (χ3v) is 6.81. The SMILES string of the molecule is CCc1ccc(CN(Cc2cccnc2)S(=O)(=O)c2cc([N+](=O)[O-])ccc2C)cc1. The Kier molecular flexibility index (Phi) is 6.59. The van der Waals surface area contributed by atoms with E-state index in [0.29, 0.717) is 5.56 Å². The van der Waals surface area contributed by atoms with E-state index >= 15 is 0 Å². The number of hydrogen-bond acceptors (Lipinski definition) is 5. The summed E-state index contributed by atoms with van der Waals surface area (Å²) in [5.74, 6) is 0. The smallest absolute Gasteiger partial charge is 0.264 e. The number of nitro groups is 1. The summed E-state index contributed by atoms with van der Waals surface area (Å²) in [5.41, 5.74) is 2.93. The van der Waals surface area contributed by atoms with Crippen molar-refractivity contribution >= 4 is 15.7 Å². The maximum Gasteiger partial charge on any atom is 0.270 e. The quantitative estimate of drug-likeness (QED) is 0.397. The molecule has 1 aromatic heterocycles. The Labute approximate surface area is 176 Å². The molecule has 3 aromatic rings. The lowest BCUT2D eigenvalue weighted by molar-refractivity contribution is -0.385. The Morgan fingerprint density at radius 2 is 1.67 bits per heavy atom. The molecule has 0 N–H and O–H groups in total. The van der Waals surface area contributed by atoms with E-state index in [1.807, 2.05) is 24.3 Å². The molecule has 0 fully saturated rings. The lowest BCUT2D eigenvalue weighted by atomic mass is 10.1. The van der Waals surface area contributed by atoms with Crippen molar-refractivity contribution in [2.75, 3.05) is 0 Å². The van der Waals surface area contributed by atoms with Gasteiger partial charge in [0.15, 0.2) is 0 Å². The van der Waals surface area contributed by atoms with E-state index in [2.05, 4.69) is 11.9 Å². The topological polar surface area (TPSA) is 93.4 Å². The van der Waals surface area contributed by atoms with Gasteiger partial charge in [0.25, 0.3) is 5.69 Å². The minimum atomic E-state index is -4.00. The number of sulfonamides is 1. The lowest BCUT2D eigenvalue weighted by Crippen LogP contribution is -2.31. The van der Waals surface area contributed by atoms with E-state index in [0.717, 1.165) is 29.2 Å². The number of benzene rings is 2. The Hall–Kier alpha value is -3.10. The maximum atomic E-state index is 13.5. The fraction of sp³-hybridized carbons (Fsp3) is 0.227. The highest BCUT2D eigenvalue weighted by Crippen LogP contribution is 2.27. The zero-order valence-corrected chi connectivity index (χ0v) is 17.7. The number of aromatic nitrogens is 1. The summed E-state index contributed by atoms with van der Waals surface area (Å²) in [6.07, 6.45) is 4.13. The largest absolute Gasteiger partial charge is 0.270 e. The molecule has 8 heteroatoms. The van der Waals surface area contributed by atoms with Gasteiger partial charge in [-0.2, -0.15) is 4.31 Å². The van der Waals surface area contributed by atoms with Gasteiger partial charge >= 0.3 is 0 Å². The second-order valence-electron chi connectivity index (χ2n) is 7.01. The molecule has 0 unspecified atom stereocenters. The van der Waals surface area contributed by atoms with Crippen LogP contribution >= 0.6 is 0 Å². The van der Waals surface area contributed by atoms with Gasteiger partial charge < -0.3 is 0 Å². The highest BCUT2D eigenvalue weighted by atomic mass is 32.2. The average molecular weight is 426 g/mol. The van der Waals surface area contributed by atoms with E-state index < -0.39 is 14.9 Å². The van der Waals surface area contributed by atoms with Crippen molar-refractivity contribution < 1.29 is 13.3 Å². The second kappa shape index (κ2) is 9.15. The maximum absolute atomic E-state index is 13.5. The summed E-state index contributed by atoms with van der Waals surface area (Å²) in [7, 11) is -4.00. The molecule has 2 aromatic carbocycles. The van der Waals surface area contributed by atoms with E-state index in [9.17, 15) is 18.5 Å². The number of nitro benzene ring substituents is 1. The van der Waals surface area contributed by atoms with E-state index in [-0.39, 0.29) is 23.7 Å². The van der Waals surface area contributed by atoms with Crippen LogP contribution in [0.25, 0.3) is 0 Å². The first-order valence-electron chi connectivity index (χ1n) is 9.53. The summed E-state index contributed by atoms with van der Waals surface area (Å²) in [6, 6.07) is 15.2. The molecule has 3 rings (SSSR count). The molecule has 0 saturated heterocycles. The van der Waals surface area contributed by atoms with Crippen LogP contribution in [-0.2, 0) is 29.5 Å². The Balaban J connectivity index is 2.03. The number of rotatable bonds is 8. The number of hydrogen-bond donors (Lipinski definition) is 0. The first kappa shape index (κ1) is 21.6. The molecule has 156 valence electrons. The molecule has 0 aliphatic rings. The first-order valence-corrected chi connectivity index (χ1v) is 11.0. The van der Waals surface area contributed by atoms with E-state index in [1.54, 1.807) is 31.5 Å². The molecular formula is C22H23N3O4S. The highest BCUT2D eigenvalue weighted by Gasteiger charge is 2.28. The molecule has 0 aliphatic carbocycles. The van der Waals surface area contributed by atoms with Crippen LogP contribution in [0.4, 0.5) is 5.69 Å². The normalized spacial score (nSPS) is 11.6. The summed E-state index contributed by atoms with van der Waals surface area (Å²) in [6.45, 7) is 3.94. The predicted octanol–water partition coefficient (Wildman–Crippen LogP) is 4.25. The zero-order valence-electron chi connectivity index (χ0n) is 16.9. The molecule has 30 heavy (non-hydrogen) atoms. The number of aryl methyl sites for hydroxylation is 2. The van der Waals surface area contributed by atoms with E-state index in [1.165, 1.54) is 16.4 Å². The minimum absolute atomic E-state index is 0.0641. The Morgan fingerprint density at radius 1 is 1.00 bits per heavy atom. The first-order chi connectivity index (χ1) is 14.3. The van der Waals surface area contributed by atoms with Crippen molar-refractivity contribution in [3.05, 3.63) is 99.4 Å². The molecule has 1 heterocycles. The van der Waals surface area contributed by atoms with Crippen molar-refractivity contribution in [1.82, 2.24) is 9.29 Å². The molecule has 0 atom stereocenters. The van der Waals surface area contributed by atoms with Crippen molar-refractivity contribution in [2.45, 2.75) is 38.3 Å². The monoisotopic (exact) mass is 425 g/mol. The fourth-order valence-corrected chi connectivity index (χ4v) is 4.79. The summed E-state index contributed by atoms with van der Waals surface area (Å²) in [4.78, 5) is 14.6. The minimum Gasteiger partial charge on any atom is -0.264 e. The molecule has 0 radical (unpaired) electrons.